The SMILES string of the molecule is CC.Cc1ccc(-c2ccc(N(c3ccccc3)c3ccc(-c4ccc(N(c5ccccc5)c5ccccc5)cc4)cc3)cc2)cc1.Cc1ccccc1.Cc1ccccc1. The molecule has 2 nitrogen and oxygen atoms in total. The fourth-order valence-corrected chi connectivity index (χ4v) is 6.85. The lowest BCUT2D eigenvalue weighted by atomic mass is 10.0. The molecule has 0 saturated heterocycles. The summed E-state index contributed by atoms with van der Waals surface area (Å²) in [7, 11) is 0. The molecule has 2 heteroatoms. The smallest absolute Gasteiger partial charge is 0.0462 e. The maximum Gasteiger partial charge on any atom is 0.0462 e. The summed E-state index contributed by atoms with van der Waals surface area (Å²) in [5, 5.41) is 0. The lowest BCUT2D eigenvalue weighted by Crippen LogP contribution is -2.09. The minimum atomic E-state index is 1.11. The zero-order valence-corrected chi connectivity index (χ0v) is 36.1. The van der Waals surface area contributed by atoms with E-state index in [1.54, 1.807) is 0 Å². The molecule has 0 radical (unpaired) electrons. The molecule has 302 valence electrons. The molecule has 0 atom stereocenters. The molecule has 0 amide bonds. The summed E-state index contributed by atoms with van der Waals surface area (Å²) in [5.41, 5.74) is 15.5. The third-order valence-corrected chi connectivity index (χ3v) is 10.0. The molecule has 0 bridgehead atoms. The highest BCUT2D eigenvalue weighted by molar-refractivity contribution is 5.81. The number of rotatable bonds is 8. The molecule has 0 unspecified atom stereocenters. The monoisotopic (exact) mass is 792 g/mol. The Labute approximate surface area is 364 Å². The molecule has 9 aromatic rings. The standard InChI is InChI=1S/C43H34N2.2C7H8.C2H6/c1-33-17-19-34(20-18-33)35-21-29-42(30-22-35)45(40-15-9-4-10-16-40)43-31-25-37(26-32-43)36-23-27-41(28-24-36)44(38-11-5-2-6-12-38)39-13-7-3-8-14-39;2*1-7-5-3-2-4-6-7;1-2/h2-32H,1H3;2*2-6H,1H3;1-2H3. The molecular formula is C59H56N2. The number of hydrogen-bond acceptors (Lipinski definition) is 2. The number of benzene rings is 9. The number of para-hydroxylation sites is 3. The molecule has 9 aromatic carbocycles. The van der Waals surface area contributed by atoms with Gasteiger partial charge in [-0.15, -0.1) is 0 Å². The third-order valence-electron chi connectivity index (χ3n) is 10.0. The van der Waals surface area contributed by atoms with Crippen molar-refractivity contribution in [3.05, 3.63) is 265 Å². The quantitative estimate of drug-likeness (QED) is 0.151. The van der Waals surface area contributed by atoms with E-state index in [-0.39, 0.29) is 0 Å². The molecule has 61 heavy (non-hydrogen) atoms. The van der Waals surface area contributed by atoms with Crippen LogP contribution in [0.4, 0.5) is 34.1 Å². The Bertz CT molecular complexity index is 2480. The predicted octanol–water partition coefficient (Wildman–Crippen LogP) is 17.3. The van der Waals surface area contributed by atoms with Gasteiger partial charge >= 0.3 is 0 Å². The summed E-state index contributed by atoms with van der Waals surface area (Å²) in [5.74, 6) is 0. The second kappa shape index (κ2) is 22.7. The highest BCUT2D eigenvalue weighted by Gasteiger charge is 2.14. The van der Waals surface area contributed by atoms with Crippen molar-refractivity contribution in [3.8, 4) is 22.3 Å². The average molecular weight is 793 g/mol. The molecule has 0 spiro atoms. The van der Waals surface area contributed by atoms with Crippen LogP contribution in [0.2, 0.25) is 0 Å². The zero-order valence-electron chi connectivity index (χ0n) is 36.1. The van der Waals surface area contributed by atoms with E-state index in [0.717, 1.165) is 34.1 Å². The third kappa shape index (κ3) is 12.3. The summed E-state index contributed by atoms with van der Waals surface area (Å²) in [6.45, 7) is 10.3. The van der Waals surface area contributed by atoms with Gasteiger partial charge in [0.05, 0.1) is 0 Å². The molecule has 0 aliphatic carbocycles. The Hall–Kier alpha value is -7.42. The van der Waals surface area contributed by atoms with Crippen LogP contribution < -0.4 is 9.80 Å². The van der Waals surface area contributed by atoms with Crippen molar-refractivity contribution in [1.82, 2.24) is 0 Å². The van der Waals surface area contributed by atoms with Crippen LogP contribution in [0.3, 0.4) is 0 Å². The first-order chi connectivity index (χ1) is 30.0. The molecule has 0 heterocycles. The van der Waals surface area contributed by atoms with Crippen molar-refractivity contribution in [3.63, 3.8) is 0 Å². The van der Waals surface area contributed by atoms with E-state index >= 15 is 0 Å². The summed E-state index contributed by atoms with van der Waals surface area (Å²) in [6.07, 6.45) is 0. The largest absolute Gasteiger partial charge is 0.311 e. The molecule has 0 aliphatic rings. The normalized spacial score (nSPS) is 10.0. The van der Waals surface area contributed by atoms with Gasteiger partial charge in [-0.05, 0) is 116 Å². The first-order valence-corrected chi connectivity index (χ1v) is 21.2. The van der Waals surface area contributed by atoms with Gasteiger partial charge in [-0.2, -0.15) is 0 Å². The van der Waals surface area contributed by atoms with Gasteiger partial charge < -0.3 is 9.80 Å². The molecule has 0 N–H and O–H groups in total. The van der Waals surface area contributed by atoms with Gasteiger partial charge in [0.1, 0.15) is 0 Å². The van der Waals surface area contributed by atoms with Crippen molar-refractivity contribution in [2.45, 2.75) is 34.6 Å². The lowest BCUT2D eigenvalue weighted by molar-refractivity contribution is 1.28. The molecular weight excluding hydrogens is 737 g/mol. The van der Waals surface area contributed by atoms with Crippen LogP contribution in [-0.4, -0.2) is 0 Å². The summed E-state index contributed by atoms with van der Waals surface area (Å²) < 4.78 is 0. The van der Waals surface area contributed by atoms with Crippen molar-refractivity contribution >= 4 is 34.1 Å². The minimum absolute atomic E-state index is 1.11. The van der Waals surface area contributed by atoms with E-state index in [1.165, 1.54) is 38.9 Å². The Balaban J connectivity index is 0.000000327. The fourth-order valence-electron chi connectivity index (χ4n) is 6.85. The maximum absolute atomic E-state index is 2.31. The van der Waals surface area contributed by atoms with Crippen LogP contribution in [0, 0.1) is 20.8 Å². The van der Waals surface area contributed by atoms with Crippen LogP contribution in [0.15, 0.2) is 249 Å². The first kappa shape index (κ1) is 43.2. The molecule has 0 saturated carbocycles. The number of hydrogen-bond donors (Lipinski definition) is 0. The van der Waals surface area contributed by atoms with Crippen molar-refractivity contribution in [1.29, 1.82) is 0 Å². The molecule has 0 aromatic heterocycles. The summed E-state index contributed by atoms with van der Waals surface area (Å²) in [6, 6.07) is 87.3. The van der Waals surface area contributed by atoms with Crippen LogP contribution in [0.5, 0.6) is 0 Å². The Morgan fingerprint density at radius 1 is 0.197 bits per heavy atom. The fraction of sp³-hybridized carbons (Fsp3) is 0.0847. The lowest BCUT2D eigenvalue weighted by Gasteiger charge is -2.26. The van der Waals surface area contributed by atoms with Crippen molar-refractivity contribution in [2.24, 2.45) is 0 Å². The second-order valence-corrected chi connectivity index (χ2v) is 14.5. The van der Waals surface area contributed by atoms with Gasteiger partial charge in [0.2, 0.25) is 0 Å². The summed E-state index contributed by atoms with van der Waals surface area (Å²) >= 11 is 0. The van der Waals surface area contributed by atoms with E-state index < -0.39 is 0 Å². The highest BCUT2D eigenvalue weighted by Crippen LogP contribution is 2.38. The maximum atomic E-state index is 2.31. The van der Waals surface area contributed by atoms with Crippen LogP contribution >= 0.6 is 0 Å². The van der Waals surface area contributed by atoms with Gasteiger partial charge in [0, 0.05) is 34.1 Å². The predicted molar refractivity (Wildman–Crippen MR) is 265 cm³/mol. The van der Waals surface area contributed by atoms with Crippen molar-refractivity contribution < 1.29 is 0 Å². The van der Waals surface area contributed by atoms with Crippen LogP contribution in [0.25, 0.3) is 22.3 Å². The van der Waals surface area contributed by atoms with Gasteiger partial charge in [0.25, 0.3) is 0 Å². The Morgan fingerprint density at radius 2 is 0.377 bits per heavy atom. The topological polar surface area (TPSA) is 6.48 Å². The molecule has 0 fully saturated rings. The van der Waals surface area contributed by atoms with E-state index in [2.05, 4.69) is 243 Å². The van der Waals surface area contributed by atoms with Gasteiger partial charge in [-0.1, -0.05) is 206 Å². The number of nitrogens with zero attached hydrogens (tertiary/aromatic N) is 2. The second-order valence-electron chi connectivity index (χ2n) is 14.5. The van der Waals surface area contributed by atoms with Gasteiger partial charge in [-0.25, -0.2) is 0 Å². The zero-order chi connectivity index (χ0) is 42.7. The highest BCUT2D eigenvalue weighted by atomic mass is 15.1. The molecule has 9 rings (SSSR count). The van der Waals surface area contributed by atoms with E-state index in [0.29, 0.717) is 0 Å². The van der Waals surface area contributed by atoms with Crippen LogP contribution in [-0.2, 0) is 0 Å². The van der Waals surface area contributed by atoms with E-state index in [9.17, 15) is 0 Å². The molecule has 0 aliphatic heterocycles. The van der Waals surface area contributed by atoms with Crippen LogP contribution in [0.1, 0.15) is 30.5 Å². The van der Waals surface area contributed by atoms with E-state index in [1.807, 2.05) is 50.2 Å². The minimum Gasteiger partial charge on any atom is -0.311 e. The Kier molecular flexibility index (Phi) is 16.0. The van der Waals surface area contributed by atoms with Gasteiger partial charge in [-0.3, -0.25) is 0 Å². The van der Waals surface area contributed by atoms with E-state index in [4.69, 9.17) is 0 Å². The summed E-state index contributed by atoms with van der Waals surface area (Å²) in [4.78, 5) is 4.60. The number of anilines is 6. The average Bonchev–Trinajstić information content (AvgIpc) is 3.33. The van der Waals surface area contributed by atoms with Crippen molar-refractivity contribution in [2.75, 3.05) is 9.80 Å². The number of aryl methyl sites for hydroxylation is 3. The van der Waals surface area contributed by atoms with Gasteiger partial charge in [0.15, 0.2) is 0 Å². The first-order valence-electron chi connectivity index (χ1n) is 21.2. The Morgan fingerprint density at radius 3 is 0.590 bits per heavy atom.